The number of hydrogen-bond acceptors (Lipinski definition) is 2. The maximum atomic E-state index is 11.1. The van der Waals surface area contributed by atoms with Gasteiger partial charge in [0.15, 0.2) is 0 Å². The summed E-state index contributed by atoms with van der Waals surface area (Å²) in [5.74, 6) is 1.18. The van der Waals surface area contributed by atoms with Crippen LogP contribution in [0.15, 0.2) is 12.1 Å². The van der Waals surface area contributed by atoms with Gasteiger partial charge < -0.3 is 10.1 Å². The van der Waals surface area contributed by atoms with Gasteiger partial charge in [-0.25, -0.2) is 0 Å². The zero-order chi connectivity index (χ0) is 12.6. The van der Waals surface area contributed by atoms with Crippen molar-refractivity contribution in [1.29, 1.82) is 0 Å². The molecule has 1 heterocycles. The number of halogens is 1. The Kier molecular flexibility index (Phi) is 3.04. The van der Waals surface area contributed by atoms with E-state index in [-0.39, 0.29) is 11.5 Å². The van der Waals surface area contributed by atoms with Gasteiger partial charge in [0.2, 0.25) is 5.91 Å². The molecule has 0 fully saturated rings. The van der Waals surface area contributed by atoms with Crippen molar-refractivity contribution in [3.8, 4) is 5.75 Å². The maximum Gasteiger partial charge on any atom is 0.221 e. The number of ether oxygens (including phenoxy) is 1. The molecular formula is C13H16ClNO2. The van der Waals surface area contributed by atoms with Crippen LogP contribution in [0.2, 0.25) is 0 Å². The fraction of sp³-hybridized carbons (Fsp3) is 0.462. The summed E-state index contributed by atoms with van der Waals surface area (Å²) in [4.78, 5) is 11.1. The van der Waals surface area contributed by atoms with Crippen LogP contribution in [-0.2, 0) is 17.1 Å². The molecule has 0 saturated heterocycles. The summed E-state index contributed by atoms with van der Waals surface area (Å²) in [7, 11) is 0. The summed E-state index contributed by atoms with van der Waals surface area (Å²) in [6, 6.07) is 3.83. The Balaban J connectivity index is 2.41. The van der Waals surface area contributed by atoms with Crippen molar-refractivity contribution in [2.24, 2.45) is 0 Å². The van der Waals surface area contributed by atoms with E-state index in [0.29, 0.717) is 5.88 Å². The number of hydrogen-bond donors (Lipinski definition) is 1. The first kappa shape index (κ1) is 12.2. The van der Waals surface area contributed by atoms with Crippen molar-refractivity contribution in [1.82, 2.24) is 0 Å². The minimum Gasteiger partial charge on any atom is -0.487 e. The summed E-state index contributed by atoms with van der Waals surface area (Å²) in [6.07, 6.45) is 0.833. The Morgan fingerprint density at radius 1 is 1.53 bits per heavy atom. The Morgan fingerprint density at radius 2 is 2.24 bits per heavy atom. The second-order valence-corrected chi connectivity index (χ2v) is 5.24. The van der Waals surface area contributed by atoms with Crippen LogP contribution in [0.25, 0.3) is 0 Å². The smallest absolute Gasteiger partial charge is 0.221 e. The maximum absolute atomic E-state index is 11.1. The number of fused-ring (bicyclic) bond motifs is 1. The van der Waals surface area contributed by atoms with Gasteiger partial charge in [0, 0.05) is 30.2 Å². The average Bonchev–Trinajstić information content (AvgIpc) is 2.49. The first-order valence-electron chi connectivity index (χ1n) is 5.59. The lowest BCUT2D eigenvalue weighted by Gasteiger charge is -2.17. The lowest BCUT2D eigenvalue weighted by atomic mass is 10.00. The fourth-order valence-electron chi connectivity index (χ4n) is 2.16. The molecule has 2 rings (SSSR count). The van der Waals surface area contributed by atoms with Crippen LogP contribution in [-0.4, -0.2) is 11.5 Å². The molecule has 0 spiro atoms. The molecule has 0 unspecified atom stereocenters. The minimum atomic E-state index is -0.196. The largest absolute Gasteiger partial charge is 0.487 e. The van der Waals surface area contributed by atoms with Crippen LogP contribution in [0, 0.1) is 0 Å². The number of anilines is 1. The van der Waals surface area contributed by atoms with Crippen LogP contribution in [0.3, 0.4) is 0 Å². The highest BCUT2D eigenvalue weighted by Crippen LogP contribution is 2.40. The molecule has 0 bridgehead atoms. The monoisotopic (exact) mass is 253 g/mol. The summed E-state index contributed by atoms with van der Waals surface area (Å²) >= 11 is 5.92. The first-order valence-corrected chi connectivity index (χ1v) is 6.13. The SMILES string of the molecule is CC(=O)Nc1cc(CCl)c2c(c1)CC(C)(C)O2. The number of nitrogens with one attached hydrogen (secondary N) is 1. The topological polar surface area (TPSA) is 38.3 Å². The van der Waals surface area contributed by atoms with E-state index in [2.05, 4.69) is 5.32 Å². The molecule has 0 saturated carbocycles. The number of rotatable bonds is 2. The fourth-order valence-corrected chi connectivity index (χ4v) is 2.36. The Bertz CT molecular complexity index is 469. The van der Waals surface area contributed by atoms with Crippen LogP contribution in [0.5, 0.6) is 5.75 Å². The van der Waals surface area contributed by atoms with Crippen molar-refractivity contribution >= 4 is 23.2 Å². The van der Waals surface area contributed by atoms with Gasteiger partial charge in [-0.3, -0.25) is 4.79 Å². The third-order valence-electron chi connectivity index (χ3n) is 2.70. The standard InChI is InChI=1S/C13H16ClNO2/c1-8(16)15-11-4-9-6-13(2,3)17-12(9)10(5-11)7-14/h4-5H,6-7H2,1-3H3,(H,15,16). The van der Waals surface area contributed by atoms with Crippen molar-refractivity contribution in [3.05, 3.63) is 23.3 Å². The number of benzene rings is 1. The molecule has 1 aromatic rings. The molecule has 4 heteroatoms. The minimum absolute atomic E-state index is 0.0800. The van der Waals surface area contributed by atoms with E-state index in [1.54, 1.807) is 0 Å². The molecule has 0 radical (unpaired) electrons. The normalized spacial score (nSPS) is 16.2. The van der Waals surface area contributed by atoms with Crippen LogP contribution in [0.4, 0.5) is 5.69 Å². The highest BCUT2D eigenvalue weighted by atomic mass is 35.5. The summed E-state index contributed by atoms with van der Waals surface area (Å²) in [5.41, 5.74) is 2.63. The molecule has 0 atom stereocenters. The molecule has 0 aliphatic carbocycles. The predicted molar refractivity (Wildman–Crippen MR) is 68.7 cm³/mol. The Morgan fingerprint density at radius 3 is 2.82 bits per heavy atom. The van der Waals surface area contributed by atoms with Crippen molar-refractivity contribution in [3.63, 3.8) is 0 Å². The second-order valence-electron chi connectivity index (χ2n) is 4.98. The van der Waals surface area contributed by atoms with Gasteiger partial charge in [-0.05, 0) is 26.0 Å². The Labute approximate surface area is 106 Å². The van der Waals surface area contributed by atoms with Gasteiger partial charge in [-0.15, -0.1) is 11.6 Å². The quantitative estimate of drug-likeness (QED) is 0.823. The lowest BCUT2D eigenvalue weighted by molar-refractivity contribution is -0.114. The zero-order valence-electron chi connectivity index (χ0n) is 10.3. The van der Waals surface area contributed by atoms with Crippen LogP contribution >= 0.6 is 11.6 Å². The van der Waals surface area contributed by atoms with E-state index in [1.807, 2.05) is 26.0 Å². The number of alkyl halides is 1. The van der Waals surface area contributed by atoms with Gasteiger partial charge in [-0.2, -0.15) is 0 Å². The molecular weight excluding hydrogens is 238 g/mol. The molecule has 1 aliphatic heterocycles. The Hall–Kier alpha value is -1.22. The van der Waals surface area contributed by atoms with Gasteiger partial charge in [0.05, 0.1) is 5.88 Å². The predicted octanol–water partition coefficient (Wildman–Crippen LogP) is 3.10. The van der Waals surface area contributed by atoms with Crippen molar-refractivity contribution in [2.45, 2.75) is 38.7 Å². The number of carbonyl (C=O) groups excluding carboxylic acids is 1. The van der Waals surface area contributed by atoms with Crippen molar-refractivity contribution < 1.29 is 9.53 Å². The molecule has 3 nitrogen and oxygen atoms in total. The number of carbonyl (C=O) groups is 1. The van der Waals surface area contributed by atoms with E-state index < -0.39 is 0 Å². The van der Waals surface area contributed by atoms with E-state index in [9.17, 15) is 4.79 Å². The van der Waals surface area contributed by atoms with E-state index in [4.69, 9.17) is 16.3 Å². The molecule has 92 valence electrons. The van der Waals surface area contributed by atoms with E-state index in [0.717, 1.165) is 29.0 Å². The zero-order valence-corrected chi connectivity index (χ0v) is 11.0. The third kappa shape index (κ3) is 2.55. The van der Waals surface area contributed by atoms with Crippen LogP contribution < -0.4 is 10.1 Å². The summed E-state index contributed by atoms with van der Waals surface area (Å²) in [5, 5.41) is 2.78. The van der Waals surface area contributed by atoms with Gasteiger partial charge >= 0.3 is 0 Å². The van der Waals surface area contributed by atoms with Gasteiger partial charge in [0.25, 0.3) is 0 Å². The first-order chi connectivity index (χ1) is 7.91. The highest BCUT2D eigenvalue weighted by molar-refractivity contribution is 6.17. The molecule has 1 aliphatic rings. The molecule has 0 aromatic heterocycles. The van der Waals surface area contributed by atoms with Gasteiger partial charge in [-0.1, -0.05) is 0 Å². The molecule has 1 aromatic carbocycles. The van der Waals surface area contributed by atoms with E-state index >= 15 is 0 Å². The van der Waals surface area contributed by atoms with Crippen LogP contribution in [0.1, 0.15) is 31.9 Å². The lowest BCUT2D eigenvalue weighted by Crippen LogP contribution is -2.24. The molecule has 17 heavy (non-hydrogen) atoms. The van der Waals surface area contributed by atoms with Gasteiger partial charge in [0.1, 0.15) is 11.4 Å². The molecule has 1 N–H and O–H groups in total. The van der Waals surface area contributed by atoms with E-state index in [1.165, 1.54) is 6.92 Å². The summed E-state index contributed by atoms with van der Waals surface area (Å²) < 4.78 is 5.88. The van der Waals surface area contributed by atoms with Crippen molar-refractivity contribution in [2.75, 3.05) is 5.32 Å². The highest BCUT2D eigenvalue weighted by Gasteiger charge is 2.32. The molecule has 1 amide bonds. The third-order valence-corrected chi connectivity index (χ3v) is 2.99. The average molecular weight is 254 g/mol. The summed E-state index contributed by atoms with van der Waals surface area (Å²) in [6.45, 7) is 5.58. The number of amides is 1. The second kappa shape index (κ2) is 4.22.